The molecule has 0 bridgehead atoms. The first-order valence-electron chi connectivity index (χ1n) is 9.48. The largest absolute Gasteiger partial charge is 0.354 e. The molecule has 1 aliphatic carbocycles. The molecule has 0 aromatic heterocycles. The highest BCUT2D eigenvalue weighted by Crippen LogP contribution is 2.36. The van der Waals surface area contributed by atoms with E-state index in [1.165, 1.54) is 27.8 Å². The summed E-state index contributed by atoms with van der Waals surface area (Å²) >= 11 is 0. The second-order valence-electron chi connectivity index (χ2n) is 7.23. The standard InChI is InChI=1S/C22H24N2O2/c25-21(24-20-8-4-12-23-22(20)26)9-3-5-15-10-11-17-14-16-6-1-2-7-18(16)19(17)13-15/h1-2,6-7,10-11,13,20H,3-5,8-9,12,14H2,(H,23,26)(H,24,25). The molecule has 4 heteroatoms. The van der Waals surface area contributed by atoms with Gasteiger partial charge in [0.05, 0.1) is 0 Å². The number of hydrogen-bond donors (Lipinski definition) is 2. The number of carbonyl (C=O) groups is 2. The number of piperidine rings is 1. The summed E-state index contributed by atoms with van der Waals surface area (Å²) in [7, 11) is 0. The highest BCUT2D eigenvalue weighted by Gasteiger charge is 2.23. The zero-order valence-corrected chi connectivity index (χ0v) is 14.9. The minimum Gasteiger partial charge on any atom is -0.354 e. The van der Waals surface area contributed by atoms with Crippen LogP contribution in [0.5, 0.6) is 0 Å². The first-order chi connectivity index (χ1) is 12.7. The third-order valence-electron chi connectivity index (χ3n) is 5.35. The van der Waals surface area contributed by atoms with E-state index in [4.69, 9.17) is 0 Å². The molecule has 4 nitrogen and oxygen atoms in total. The molecule has 1 atom stereocenters. The Morgan fingerprint density at radius 1 is 1.12 bits per heavy atom. The third-order valence-corrected chi connectivity index (χ3v) is 5.35. The number of amides is 2. The summed E-state index contributed by atoms with van der Waals surface area (Å²) in [6.07, 6.45) is 4.80. The van der Waals surface area contributed by atoms with Gasteiger partial charge in [-0.3, -0.25) is 9.59 Å². The summed E-state index contributed by atoms with van der Waals surface area (Å²) < 4.78 is 0. The van der Waals surface area contributed by atoms with Gasteiger partial charge in [0, 0.05) is 13.0 Å². The van der Waals surface area contributed by atoms with E-state index in [-0.39, 0.29) is 17.9 Å². The van der Waals surface area contributed by atoms with Crippen molar-refractivity contribution in [1.82, 2.24) is 10.6 Å². The van der Waals surface area contributed by atoms with E-state index in [1.807, 2.05) is 0 Å². The van der Waals surface area contributed by atoms with Crippen LogP contribution in [0.15, 0.2) is 42.5 Å². The van der Waals surface area contributed by atoms with Crippen LogP contribution in [0, 0.1) is 0 Å². The number of carbonyl (C=O) groups excluding carboxylic acids is 2. The van der Waals surface area contributed by atoms with Crippen LogP contribution in [-0.4, -0.2) is 24.4 Å². The average Bonchev–Trinajstić information content (AvgIpc) is 3.02. The van der Waals surface area contributed by atoms with Crippen LogP contribution < -0.4 is 10.6 Å². The Kier molecular flexibility index (Phi) is 4.74. The lowest BCUT2D eigenvalue weighted by Crippen LogP contribution is -2.50. The van der Waals surface area contributed by atoms with Gasteiger partial charge < -0.3 is 10.6 Å². The van der Waals surface area contributed by atoms with Crippen LogP contribution in [0.3, 0.4) is 0 Å². The average molecular weight is 348 g/mol. The number of fused-ring (bicyclic) bond motifs is 3. The van der Waals surface area contributed by atoms with Crippen molar-refractivity contribution in [2.75, 3.05) is 6.54 Å². The molecule has 2 N–H and O–H groups in total. The summed E-state index contributed by atoms with van der Waals surface area (Å²) in [5.41, 5.74) is 6.72. The SMILES string of the molecule is O=C(CCCc1ccc2c(c1)-c1ccccc1C2)NC1CCCNC1=O. The maximum atomic E-state index is 12.1. The Bertz CT molecular complexity index is 844. The molecule has 0 saturated carbocycles. The summed E-state index contributed by atoms with van der Waals surface area (Å²) in [4.78, 5) is 23.8. The molecule has 26 heavy (non-hydrogen) atoms. The van der Waals surface area contributed by atoms with E-state index in [0.29, 0.717) is 13.0 Å². The minimum absolute atomic E-state index is 0.0291. The summed E-state index contributed by atoms with van der Waals surface area (Å²) in [6.45, 7) is 0.715. The highest BCUT2D eigenvalue weighted by molar-refractivity contribution is 5.88. The van der Waals surface area contributed by atoms with Crippen molar-refractivity contribution in [2.45, 2.75) is 44.6 Å². The van der Waals surface area contributed by atoms with Crippen LogP contribution in [0.2, 0.25) is 0 Å². The first-order valence-corrected chi connectivity index (χ1v) is 9.48. The Labute approximate surface area is 154 Å². The summed E-state index contributed by atoms with van der Waals surface area (Å²) in [6, 6.07) is 14.9. The van der Waals surface area contributed by atoms with E-state index in [1.54, 1.807) is 0 Å². The second kappa shape index (κ2) is 7.32. The topological polar surface area (TPSA) is 58.2 Å². The maximum Gasteiger partial charge on any atom is 0.242 e. The van der Waals surface area contributed by atoms with Gasteiger partial charge in [-0.05, 0) is 59.9 Å². The fourth-order valence-electron chi connectivity index (χ4n) is 3.96. The minimum atomic E-state index is -0.354. The molecule has 134 valence electrons. The van der Waals surface area contributed by atoms with E-state index < -0.39 is 0 Å². The Morgan fingerprint density at radius 3 is 2.85 bits per heavy atom. The van der Waals surface area contributed by atoms with Gasteiger partial charge in [0.1, 0.15) is 6.04 Å². The van der Waals surface area contributed by atoms with Crippen LogP contribution in [0.4, 0.5) is 0 Å². The zero-order valence-electron chi connectivity index (χ0n) is 14.9. The van der Waals surface area contributed by atoms with Crippen molar-refractivity contribution in [3.8, 4) is 11.1 Å². The van der Waals surface area contributed by atoms with Gasteiger partial charge in [-0.2, -0.15) is 0 Å². The van der Waals surface area contributed by atoms with E-state index in [9.17, 15) is 9.59 Å². The van der Waals surface area contributed by atoms with Crippen molar-refractivity contribution in [2.24, 2.45) is 0 Å². The van der Waals surface area contributed by atoms with Crippen molar-refractivity contribution < 1.29 is 9.59 Å². The lowest BCUT2D eigenvalue weighted by Gasteiger charge is -2.22. The molecule has 0 radical (unpaired) electrons. The van der Waals surface area contributed by atoms with Crippen LogP contribution in [0.25, 0.3) is 11.1 Å². The molecule has 1 aliphatic heterocycles. The Morgan fingerprint density at radius 2 is 1.96 bits per heavy atom. The normalized spacial score (nSPS) is 18.0. The second-order valence-corrected chi connectivity index (χ2v) is 7.23. The molecular weight excluding hydrogens is 324 g/mol. The third kappa shape index (κ3) is 3.50. The fourth-order valence-corrected chi connectivity index (χ4v) is 3.96. The molecule has 0 spiro atoms. The van der Waals surface area contributed by atoms with Gasteiger partial charge in [0.25, 0.3) is 0 Å². The summed E-state index contributed by atoms with van der Waals surface area (Å²) in [5, 5.41) is 5.66. The Balaban J connectivity index is 1.32. The molecule has 1 saturated heterocycles. The van der Waals surface area contributed by atoms with Gasteiger partial charge in [0.2, 0.25) is 11.8 Å². The number of aryl methyl sites for hydroxylation is 1. The Hall–Kier alpha value is -2.62. The lowest BCUT2D eigenvalue weighted by atomic mass is 10.00. The highest BCUT2D eigenvalue weighted by atomic mass is 16.2. The molecule has 4 rings (SSSR count). The smallest absolute Gasteiger partial charge is 0.242 e. The number of hydrogen-bond acceptors (Lipinski definition) is 2. The van der Waals surface area contributed by atoms with Gasteiger partial charge in [-0.25, -0.2) is 0 Å². The van der Waals surface area contributed by atoms with Crippen LogP contribution in [-0.2, 0) is 22.4 Å². The van der Waals surface area contributed by atoms with Crippen LogP contribution in [0.1, 0.15) is 42.4 Å². The van der Waals surface area contributed by atoms with Crippen molar-refractivity contribution in [1.29, 1.82) is 0 Å². The van der Waals surface area contributed by atoms with Gasteiger partial charge in [0.15, 0.2) is 0 Å². The predicted molar refractivity (Wildman–Crippen MR) is 102 cm³/mol. The quantitative estimate of drug-likeness (QED) is 0.745. The predicted octanol–water partition coefficient (Wildman–Crippen LogP) is 2.98. The molecule has 1 fully saturated rings. The number of nitrogens with one attached hydrogen (secondary N) is 2. The summed E-state index contributed by atoms with van der Waals surface area (Å²) in [5.74, 6) is -0.0829. The van der Waals surface area contributed by atoms with E-state index in [2.05, 4.69) is 53.1 Å². The molecule has 1 unspecified atom stereocenters. The zero-order chi connectivity index (χ0) is 17.9. The van der Waals surface area contributed by atoms with Crippen molar-refractivity contribution >= 4 is 11.8 Å². The molecule has 2 aromatic carbocycles. The van der Waals surface area contributed by atoms with E-state index in [0.717, 1.165) is 32.1 Å². The fraction of sp³-hybridized carbons (Fsp3) is 0.364. The molecule has 2 aliphatic rings. The van der Waals surface area contributed by atoms with Crippen molar-refractivity contribution in [3.63, 3.8) is 0 Å². The molecule has 2 aromatic rings. The van der Waals surface area contributed by atoms with E-state index >= 15 is 0 Å². The number of rotatable bonds is 5. The molecule has 2 amide bonds. The molecular formula is C22H24N2O2. The monoisotopic (exact) mass is 348 g/mol. The van der Waals surface area contributed by atoms with Gasteiger partial charge >= 0.3 is 0 Å². The maximum absolute atomic E-state index is 12.1. The van der Waals surface area contributed by atoms with Gasteiger partial charge in [-0.15, -0.1) is 0 Å². The number of benzene rings is 2. The molecule has 1 heterocycles. The lowest BCUT2D eigenvalue weighted by molar-refractivity contribution is -0.130. The van der Waals surface area contributed by atoms with Crippen molar-refractivity contribution in [3.05, 3.63) is 59.2 Å². The van der Waals surface area contributed by atoms with Crippen LogP contribution >= 0.6 is 0 Å². The first kappa shape index (κ1) is 16.8. The van der Waals surface area contributed by atoms with Gasteiger partial charge in [-0.1, -0.05) is 42.5 Å².